The maximum atomic E-state index is 15.3. The molecule has 3 atom stereocenters. The number of alkyl halides is 2. The maximum Gasteiger partial charge on any atom is 0.387 e. The molecule has 1 fully saturated rings. The predicted molar refractivity (Wildman–Crippen MR) is 134 cm³/mol. The maximum absolute atomic E-state index is 15.3. The number of carboxylic acid groups (broad SMARTS) is 2. The Morgan fingerprint density at radius 1 is 1.21 bits per heavy atom. The largest absolute Gasteiger partial charge is 0.489 e. The summed E-state index contributed by atoms with van der Waals surface area (Å²) in [6, 6.07) is 3.33. The molecule has 212 valence electrons. The Bertz CT molecular complexity index is 1310. The van der Waals surface area contributed by atoms with Crippen LogP contribution in [0.2, 0.25) is 0 Å². The van der Waals surface area contributed by atoms with Gasteiger partial charge in [-0.15, -0.1) is 12.4 Å². The monoisotopic (exact) mass is 572 g/mol. The molecule has 1 heterocycles. The molecule has 2 aliphatic rings. The van der Waals surface area contributed by atoms with Crippen LogP contribution in [0.15, 0.2) is 46.7 Å². The van der Waals surface area contributed by atoms with Crippen molar-refractivity contribution in [3.05, 3.63) is 53.7 Å². The summed E-state index contributed by atoms with van der Waals surface area (Å²) < 4.78 is 57.1. The summed E-state index contributed by atoms with van der Waals surface area (Å²) in [6.45, 7) is 0.0569. The highest BCUT2D eigenvalue weighted by Gasteiger charge is 2.48. The Hall–Kier alpha value is -3.51. The fourth-order valence-electron chi connectivity index (χ4n) is 4.03. The summed E-state index contributed by atoms with van der Waals surface area (Å²) in [6.07, 6.45) is 4.29. The molecule has 0 radical (unpaired) electrons. The number of hydrogen-bond acceptors (Lipinski definition) is 7. The lowest BCUT2D eigenvalue weighted by Crippen LogP contribution is -2.38. The molecule has 4 rings (SSSR count). The molecular weight excluding hydrogens is 545 g/mol. The SMILES string of the molecule is CC(N)c1oc(-c2ccc(OC(F)F)c(OCC3CC3)c2)nc1CC1(C(=O)O)C=CC(C)(C(=O)O)C=C1F.Cl. The second-order valence-electron chi connectivity index (χ2n) is 9.78. The van der Waals surface area contributed by atoms with Crippen LogP contribution in [0.25, 0.3) is 11.5 Å². The molecule has 0 spiro atoms. The molecule has 1 saturated carbocycles. The van der Waals surface area contributed by atoms with Crippen LogP contribution in [0.1, 0.15) is 44.2 Å². The number of benzene rings is 1. The number of ether oxygens (including phenoxy) is 2. The third-order valence-electron chi connectivity index (χ3n) is 6.57. The molecule has 2 aromatic rings. The van der Waals surface area contributed by atoms with Crippen molar-refractivity contribution in [2.75, 3.05) is 6.61 Å². The number of oxazole rings is 1. The van der Waals surface area contributed by atoms with Crippen molar-refractivity contribution in [1.29, 1.82) is 0 Å². The predicted octanol–water partition coefficient (Wildman–Crippen LogP) is 5.30. The van der Waals surface area contributed by atoms with E-state index in [9.17, 15) is 28.6 Å². The van der Waals surface area contributed by atoms with Crippen molar-refractivity contribution in [3.63, 3.8) is 0 Å². The Morgan fingerprint density at radius 2 is 1.90 bits per heavy atom. The van der Waals surface area contributed by atoms with E-state index in [0.29, 0.717) is 18.1 Å². The van der Waals surface area contributed by atoms with Gasteiger partial charge in [-0.25, -0.2) is 9.37 Å². The van der Waals surface area contributed by atoms with Gasteiger partial charge >= 0.3 is 18.6 Å². The number of aliphatic carboxylic acids is 2. The Balaban J connectivity index is 0.00000420. The second kappa shape index (κ2) is 11.3. The number of nitrogens with two attached hydrogens (primary N) is 1. The Labute approximate surface area is 227 Å². The van der Waals surface area contributed by atoms with Gasteiger partial charge in [0, 0.05) is 12.0 Å². The molecule has 2 aliphatic carbocycles. The summed E-state index contributed by atoms with van der Waals surface area (Å²) in [5.41, 5.74) is 2.42. The third kappa shape index (κ3) is 6.22. The van der Waals surface area contributed by atoms with Crippen molar-refractivity contribution in [3.8, 4) is 23.0 Å². The molecule has 0 bridgehead atoms. The van der Waals surface area contributed by atoms with Gasteiger partial charge in [0.1, 0.15) is 22.4 Å². The topological polar surface area (TPSA) is 145 Å². The van der Waals surface area contributed by atoms with Gasteiger partial charge in [-0.1, -0.05) is 12.2 Å². The lowest BCUT2D eigenvalue weighted by atomic mass is 9.72. The minimum atomic E-state index is -3.07. The van der Waals surface area contributed by atoms with Gasteiger partial charge in [-0.05, 0) is 56.9 Å². The minimum absolute atomic E-state index is 0. The van der Waals surface area contributed by atoms with E-state index in [1.165, 1.54) is 25.1 Å². The smallest absolute Gasteiger partial charge is 0.387 e. The van der Waals surface area contributed by atoms with Gasteiger partial charge < -0.3 is 29.8 Å². The highest BCUT2D eigenvalue weighted by Crippen LogP contribution is 2.44. The first-order valence-corrected chi connectivity index (χ1v) is 11.9. The average molecular weight is 573 g/mol. The van der Waals surface area contributed by atoms with Crippen LogP contribution >= 0.6 is 12.4 Å². The molecule has 3 unspecified atom stereocenters. The number of hydrogen-bond donors (Lipinski definition) is 3. The van der Waals surface area contributed by atoms with Crippen molar-refractivity contribution in [2.45, 2.75) is 45.8 Å². The molecule has 1 aromatic carbocycles. The van der Waals surface area contributed by atoms with Gasteiger partial charge in [0.15, 0.2) is 11.5 Å². The first-order chi connectivity index (χ1) is 17.8. The van der Waals surface area contributed by atoms with E-state index < -0.39 is 47.7 Å². The summed E-state index contributed by atoms with van der Waals surface area (Å²) in [5.74, 6) is -3.79. The summed E-state index contributed by atoms with van der Waals surface area (Å²) >= 11 is 0. The van der Waals surface area contributed by atoms with Crippen LogP contribution in [-0.2, 0) is 16.0 Å². The lowest BCUT2D eigenvalue weighted by molar-refractivity contribution is -0.147. The van der Waals surface area contributed by atoms with E-state index in [-0.39, 0.29) is 41.3 Å². The third-order valence-corrected chi connectivity index (χ3v) is 6.57. The Kier molecular flexibility index (Phi) is 8.71. The zero-order chi connectivity index (χ0) is 27.8. The first kappa shape index (κ1) is 30.0. The van der Waals surface area contributed by atoms with Crippen molar-refractivity contribution in [1.82, 2.24) is 4.98 Å². The summed E-state index contributed by atoms with van der Waals surface area (Å²) in [7, 11) is 0. The molecule has 39 heavy (non-hydrogen) atoms. The number of aromatic nitrogens is 1. The number of halogens is 4. The van der Waals surface area contributed by atoms with Crippen LogP contribution in [0.4, 0.5) is 13.2 Å². The molecule has 13 heteroatoms. The molecule has 1 aromatic heterocycles. The van der Waals surface area contributed by atoms with Gasteiger partial charge in [0.05, 0.1) is 18.3 Å². The number of nitrogens with zero attached hydrogens (tertiary/aromatic N) is 1. The van der Waals surface area contributed by atoms with E-state index in [1.807, 2.05) is 0 Å². The van der Waals surface area contributed by atoms with E-state index in [2.05, 4.69) is 9.72 Å². The molecular formula is C26H28ClF3N2O7. The van der Waals surface area contributed by atoms with Gasteiger partial charge in [-0.3, -0.25) is 9.59 Å². The standard InChI is InChI=1S/C26H27F3N2O7.ClH/c1-13(30)20-16(10-26(23(34)35)8-7-25(2,22(32)33)11-19(26)27)31-21(38-20)15-5-6-17(37-24(28)29)18(9-15)36-12-14-3-4-14;/h5-9,11,13-14,24H,3-4,10,12,30H2,1-2H3,(H,32,33)(H,34,35);1H. The van der Waals surface area contributed by atoms with Crippen molar-refractivity contribution in [2.24, 2.45) is 22.5 Å². The van der Waals surface area contributed by atoms with Crippen LogP contribution in [0, 0.1) is 16.7 Å². The molecule has 4 N–H and O–H groups in total. The van der Waals surface area contributed by atoms with E-state index in [4.69, 9.17) is 14.9 Å². The van der Waals surface area contributed by atoms with E-state index in [0.717, 1.165) is 31.1 Å². The van der Waals surface area contributed by atoms with Crippen LogP contribution in [0.5, 0.6) is 11.5 Å². The average Bonchev–Trinajstić information content (AvgIpc) is 3.57. The summed E-state index contributed by atoms with van der Waals surface area (Å²) in [5, 5.41) is 19.4. The quantitative estimate of drug-likeness (QED) is 0.305. The first-order valence-electron chi connectivity index (χ1n) is 11.9. The van der Waals surface area contributed by atoms with Crippen molar-refractivity contribution >= 4 is 24.3 Å². The van der Waals surface area contributed by atoms with Gasteiger partial charge in [0.2, 0.25) is 5.89 Å². The number of carbonyl (C=O) groups is 2. The lowest BCUT2D eigenvalue weighted by Gasteiger charge is -2.31. The van der Waals surface area contributed by atoms with Crippen LogP contribution < -0.4 is 15.2 Å². The normalized spacial score (nSPS) is 23.1. The number of rotatable bonds is 11. The van der Waals surface area contributed by atoms with E-state index in [1.54, 1.807) is 6.92 Å². The second-order valence-corrected chi connectivity index (χ2v) is 9.78. The van der Waals surface area contributed by atoms with Crippen LogP contribution in [-0.4, -0.2) is 40.4 Å². The molecule has 9 nitrogen and oxygen atoms in total. The highest BCUT2D eigenvalue weighted by molar-refractivity contribution is 5.86. The van der Waals surface area contributed by atoms with Crippen LogP contribution in [0.3, 0.4) is 0 Å². The van der Waals surface area contributed by atoms with Gasteiger partial charge in [-0.2, -0.15) is 8.78 Å². The minimum Gasteiger partial charge on any atom is -0.489 e. The van der Waals surface area contributed by atoms with Gasteiger partial charge in [0.25, 0.3) is 0 Å². The van der Waals surface area contributed by atoms with E-state index >= 15 is 4.39 Å². The molecule has 0 saturated heterocycles. The van der Waals surface area contributed by atoms with Crippen molar-refractivity contribution < 1.29 is 46.9 Å². The zero-order valence-corrected chi connectivity index (χ0v) is 21.8. The Morgan fingerprint density at radius 3 is 2.44 bits per heavy atom. The highest BCUT2D eigenvalue weighted by atomic mass is 35.5. The molecule has 0 aliphatic heterocycles. The molecule has 0 amide bonds. The fraction of sp³-hybridized carbons (Fsp3) is 0.423. The zero-order valence-electron chi connectivity index (χ0n) is 21.0. The summed E-state index contributed by atoms with van der Waals surface area (Å²) in [4.78, 5) is 28.2. The number of carboxylic acids is 2. The fourth-order valence-corrected chi connectivity index (χ4v) is 4.03.